The summed E-state index contributed by atoms with van der Waals surface area (Å²) >= 11 is 0. The lowest BCUT2D eigenvalue weighted by molar-refractivity contribution is -0.240. The molecule has 5 nitrogen and oxygen atoms in total. The predicted molar refractivity (Wildman–Crippen MR) is 128 cm³/mol. The second-order valence-corrected chi connectivity index (χ2v) is 10.3. The van der Waals surface area contributed by atoms with Gasteiger partial charge in [0.15, 0.2) is 11.2 Å². The maximum atomic E-state index is 14.1. The monoisotopic (exact) mass is 462 g/mol. The molecule has 2 aromatic carbocycles. The van der Waals surface area contributed by atoms with E-state index in [-0.39, 0.29) is 0 Å². The highest BCUT2D eigenvalue weighted by atomic mass is 16.6. The summed E-state index contributed by atoms with van der Waals surface area (Å²) < 4.78 is 12.0. The molecular formula is C29H34O5. The summed E-state index contributed by atoms with van der Waals surface area (Å²) in [6, 6.07) is 18.9. The van der Waals surface area contributed by atoms with Crippen molar-refractivity contribution in [1.29, 1.82) is 0 Å². The number of carbonyl (C=O) groups excluding carboxylic acids is 2. The molecule has 2 unspecified atom stereocenters. The molecule has 0 amide bonds. The van der Waals surface area contributed by atoms with Crippen LogP contribution in [0.4, 0.5) is 0 Å². The van der Waals surface area contributed by atoms with Crippen molar-refractivity contribution in [3.8, 4) is 0 Å². The maximum absolute atomic E-state index is 14.1. The number of cyclic esters (lactones) is 1. The first-order valence-electron chi connectivity index (χ1n) is 12.6. The molecule has 2 atom stereocenters. The van der Waals surface area contributed by atoms with Crippen molar-refractivity contribution in [3.63, 3.8) is 0 Å². The van der Waals surface area contributed by atoms with Gasteiger partial charge in [0, 0.05) is 0 Å². The summed E-state index contributed by atoms with van der Waals surface area (Å²) in [7, 11) is 1.39. The number of carbonyl (C=O) groups is 2. The van der Waals surface area contributed by atoms with Crippen molar-refractivity contribution in [2.24, 2.45) is 10.8 Å². The number of benzene rings is 2. The number of methoxy groups -OCH3 is 1. The molecule has 2 aromatic rings. The van der Waals surface area contributed by atoms with Gasteiger partial charge in [0.05, 0.1) is 7.11 Å². The number of rotatable bonds is 4. The first-order chi connectivity index (χ1) is 16.5. The van der Waals surface area contributed by atoms with Crippen molar-refractivity contribution in [2.75, 3.05) is 7.11 Å². The van der Waals surface area contributed by atoms with Gasteiger partial charge in [-0.25, -0.2) is 0 Å². The molecule has 0 aromatic heterocycles. The van der Waals surface area contributed by atoms with E-state index in [2.05, 4.69) is 0 Å². The summed E-state index contributed by atoms with van der Waals surface area (Å²) in [5.74, 6) is -0.803. The molecule has 1 saturated heterocycles. The van der Waals surface area contributed by atoms with Gasteiger partial charge in [0.1, 0.15) is 10.8 Å². The highest BCUT2D eigenvalue weighted by Gasteiger charge is 2.82. The van der Waals surface area contributed by atoms with Crippen molar-refractivity contribution >= 4 is 11.9 Å². The molecule has 180 valence electrons. The van der Waals surface area contributed by atoms with E-state index in [1.807, 2.05) is 60.7 Å². The lowest BCUT2D eigenvalue weighted by Crippen LogP contribution is -2.65. The van der Waals surface area contributed by atoms with Gasteiger partial charge in [-0.05, 0) is 36.8 Å². The van der Waals surface area contributed by atoms with Crippen LogP contribution in [0, 0.1) is 10.8 Å². The normalized spacial score (nSPS) is 30.0. The minimum absolute atomic E-state index is 0.392. The Hall–Kier alpha value is -2.66. The van der Waals surface area contributed by atoms with Gasteiger partial charge in [0.2, 0.25) is 0 Å². The van der Waals surface area contributed by atoms with Gasteiger partial charge in [0.25, 0.3) is 0 Å². The summed E-state index contributed by atoms with van der Waals surface area (Å²) in [5, 5.41) is 13.3. The average molecular weight is 463 g/mol. The highest BCUT2D eigenvalue weighted by molar-refractivity contribution is 5.88. The molecule has 1 spiro atoms. The van der Waals surface area contributed by atoms with Crippen LogP contribution < -0.4 is 0 Å². The number of hydrogen-bond acceptors (Lipinski definition) is 5. The smallest absolute Gasteiger partial charge is 0.316 e. The molecule has 5 rings (SSSR count). The summed E-state index contributed by atoms with van der Waals surface area (Å²) in [4.78, 5) is 27.9. The van der Waals surface area contributed by atoms with Crippen LogP contribution in [0.3, 0.4) is 0 Å². The van der Waals surface area contributed by atoms with E-state index in [0.717, 1.165) is 38.5 Å². The SMILES string of the molecule is COC(=O)C1(C2(c3ccccc3)OC(=O)C3(CCCCC3)C2(O)c2ccccc2)CCCCC1. The Kier molecular flexibility index (Phi) is 5.79. The summed E-state index contributed by atoms with van der Waals surface area (Å²) in [6.45, 7) is 0. The van der Waals surface area contributed by atoms with Crippen molar-refractivity contribution in [1.82, 2.24) is 0 Å². The summed E-state index contributed by atoms with van der Waals surface area (Å²) in [5.41, 5.74) is -4.36. The Morgan fingerprint density at radius 2 is 1.29 bits per heavy atom. The van der Waals surface area contributed by atoms with Crippen LogP contribution in [-0.2, 0) is 30.3 Å². The van der Waals surface area contributed by atoms with E-state index < -0.39 is 34.0 Å². The van der Waals surface area contributed by atoms with Crippen molar-refractivity contribution in [2.45, 2.75) is 75.4 Å². The molecule has 3 fully saturated rings. The molecule has 1 aliphatic heterocycles. The zero-order chi connectivity index (χ0) is 23.9. The molecular weight excluding hydrogens is 428 g/mol. The van der Waals surface area contributed by atoms with Crippen LogP contribution in [0.5, 0.6) is 0 Å². The predicted octanol–water partition coefficient (Wildman–Crippen LogP) is 5.40. The van der Waals surface area contributed by atoms with E-state index in [4.69, 9.17) is 9.47 Å². The van der Waals surface area contributed by atoms with Crippen LogP contribution >= 0.6 is 0 Å². The highest BCUT2D eigenvalue weighted by Crippen LogP contribution is 2.71. The van der Waals surface area contributed by atoms with Gasteiger partial charge >= 0.3 is 11.9 Å². The molecule has 1 heterocycles. The standard InChI is InChI=1S/C29H34O5/c1-33-24(30)27(20-12-5-13-21-27)29(23-16-8-3-9-17-23)28(32,22-14-6-2-7-15-22)26(25(31)34-29)18-10-4-11-19-26/h2-3,6-9,14-17,32H,4-5,10-13,18-21H2,1H3. The Morgan fingerprint density at radius 3 is 1.82 bits per heavy atom. The minimum atomic E-state index is -1.73. The van der Waals surface area contributed by atoms with Crippen LogP contribution in [0.25, 0.3) is 0 Å². The average Bonchev–Trinajstić information content (AvgIpc) is 3.10. The first kappa shape index (κ1) is 23.1. The van der Waals surface area contributed by atoms with Crippen molar-refractivity contribution < 1.29 is 24.2 Å². The van der Waals surface area contributed by atoms with E-state index in [1.165, 1.54) is 7.11 Å². The molecule has 5 heteroatoms. The lowest BCUT2D eigenvalue weighted by atomic mass is 9.48. The maximum Gasteiger partial charge on any atom is 0.316 e. The third-order valence-electron chi connectivity index (χ3n) is 8.87. The van der Waals surface area contributed by atoms with E-state index in [0.29, 0.717) is 36.8 Å². The van der Waals surface area contributed by atoms with Crippen molar-refractivity contribution in [3.05, 3.63) is 71.8 Å². The molecule has 2 aliphatic carbocycles. The van der Waals surface area contributed by atoms with Crippen LogP contribution in [0.1, 0.15) is 75.3 Å². The summed E-state index contributed by atoms with van der Waals surface area (Å²) in [6.07, 6.45) is 7.33. The second-order valence-electron chi connectivity index (χ2n) is 10.3. The zero-order valence-electron chi connectivity index (χ0n) is 19.9. The fourth-order valence-electron chi connectivity index (χ4n) is 7.39. The van der Waals surface area contributed by atoms with Crippen LogP contribution in [0.15, 0.2) is 60.7 Å². The Balaban J connectivity index is 1.91. The largest absolute Gasteiger partial charge is 0.468 e. The molecule has 2 saturated carbocycles. The van der Waals surface area contributed by atoms with E-state index in [9.17, 15) is 14.7 Å². The van der Waals surface area contributed by atoms with Gasteiger partial charge in [-0.3, -0.25) is 9.59 Å². The molecule has 3 aliphatic rings. The Bertz CT molecular complexity index is 1040. The fraction of sp³-hybridized carbons (Fsp3) is 0.517. The molecule has 1 N–H and O–H groups in total. The molecule has 0 radical (unpaired) electrons. The first-order valence-corrected chi connectivity index (χ1v) is 12.6. The minimum Gasteiger partial charge on any atom is -0.468 e. The third-order valence-corrected chi connectivity index (χ3v) is 8.87. The number of aliphatic hydroxyl groups is 1. The number of ether oxygens (including phenoxy) is 2. The van der Waals surface area contributed by atoms with Gasteiger partial charge < -0.3 is 14.6 Å². The Labute approximate surface area is 201 Å². The molecule has 0 bridgehead atoms. The number of hydrogen-bond donors (Lipinski definition) is 1. The van der Waals surface area contributed by atoms with Crippen LogP contribution in [-0.4, -0.2) is 24.2 Å². The quantitative estimate of drug-likeness (QED) is 0.616. The molecule has 34 heavy (non-hydrogen) atoms. The number of esters is 2. The second kappa shape index (κ2) is 8.53. The van der Waals surface area contributed by atoms with Gasteiger partial charge in [-0.15, -0.1) is 0 Å². The van der Waals surface area contributed by atoms with Gasteiger partial charge in [-0.2, -0.15) is 0 Å². The third kappa shape index (κ3) is 2.82. The van der Waals surface area contributed by atoms with E-state index >= 15 is 0 Å². The Morgan fingerprint density at radius 1 is 0.794 bits per heavy atom. The lowest BCUT2D eigenvalue weighted by Gasteiger charge is -2.56. The van der Waals surface area contributed by atoms with Gasteiger partial charge in [-0.1, -0.05) is 99.2 Å². The fourth-order valence-corrected chi connectivity index (χ4v) is 7.39. The zero-order valence-corrected chi connectivity index (χ0v) is 19.9. The van der Waals surface area contributed by atoms with E-state index in [1.54, 1.807) is 0 Å². The van der Waals surface area contributed by atoms with Crippen LogP contribution in [0.2, 0.25) is 0 Å². The topological polar surface area (TPSA) is 72.8 Å².